The zero-order valence-electron chi connectivity index (χ0n) is 12.9. The number of fused-ring (bicyclic) bond motifs is 2. The number of para-hydroxylation sites is 1. The minimum Gasteiger partial charge on any atom is -0.298 e. The summed E-state index contributed by atoms with van der Waals surface area (Å²) in [7, 11) is 0. The van der Waals surface area contributed by atoms with E-state index in [1.807, 2.05) is 31.2 Å². The summed E-state index contributed by atoms with van der Waals surface area (Å²) in [4.78, 5) is 23.0. The van der Waals surface area contributed by atoms with Gasteiger partial charge in [0.15, 0.2) is 5.13 Å². The molecule has 0 atom stereocenters. The van der Waals surface area contributed by atoms with Crippen molar-refractivity contribution in [2.75, 3.05) is 5.32 Å². The fourth-order valence-corrected chi connectivity index (χ4v) is 3.86. The summed E-state index contributed by atoms with van der Waals surface area (Å²) in [6, 6.07) is 7.90. The maximum Gasteiger partial charge on any atom is 0.258 e. The Balaban J connectivity index is 1.85. The fraction of sp³-hybridized carbons (Fsp3) is 0.278. The second kappa shape index (κ2) is 5.74. The van der Waals surface area contributed by atoms with Crippen molar-refractivity contribution >= 4 is 33.3 Å². The second-order valence-electron chi connectivity index (χ2n) is 5.87. The molecule has 3 aromatic rings. The van der Waals surface area contributed by atoms with Crippen molar-refractivity contribution < 1.29 is 4.79 Å². The molecule has 1 aliphatic carbocycles. The van der Waals surface area contributed by atoms with E-state index in [4.69, 9.17) is 4.98 Å². The van der Waals surface area contributed by atoms with Gasteiger partial charge in [-0.3, -0.25) is 15.1 Å². The number of anilines is 1. The first kappa shape index (κ1) is 14.3. The van der Waals surface area contributed by atoms with Crippen LogP contribution in [0.5, 0.6) is 0 Å². The molecule has 0 aliphatic heterocycles. The average molecular weight is 323 g/mol. The standard InChI is InChI=1S/C18H17N3OS/c1-11-10-19-18(23-11)21-17(22)16-12-6-2-4-8-14(12)20-15-9-5-3-7-13(15)16/h2,4,6,8,10H,3,5,7,9H2,1H3,(H,19,21,22). The number of aryl methyl sites for hydroxylation is 2. The Morgan fingerprint density at radius 3 is 2.87 bits per heavy atom. The zero-order valence-corrected chi connectivity index (χ0v) is 13.7. The molecule has 0 saturated carbocycles. The Labute approximate surface area is 138 Å². The highest BCUT2D eigenvalue weighted by molar-refractivity contribution is 7.15. The smallest absolute Gasteiger partial charge is 0.258 e. The number of nitrogens with zero attached hydrogens (tertiary/aromatic N) is 2. The number of aromatic nitrogens is 2. The van der Waals surface area contributed by atoms with Crippen molar-refractivity contribution in [3.05, 3.63) is 52.2 Å². The van der Waals surface area contributed by atoms with Gasteiger partial charge in [0.25, 0.3) is 5.91 Å². The lowest BCUT2D eigenvalue weighted by Gasteiger charge is -2.20. The van der Waals surface area contributed by atoms with E-state index < -0.39 is 0 Å². The van der Waals surface area contributed by atoms with Crippen LogP contribution < -0.4 is 5.32 Å². The molecule has 1 aliphatic rings. The first-order valence-corrected chi connectivity index (χ1v) is 8.68. The number of nitrogens with one attached hydrogen (secondary N) is 1. The second-order valence-corrected chi connectivity index (χ2v) is 7.10. The predicted octanol–water partition coefficient (Wildman–Crippen LogP) is 4.13. The Kier molecular flexibility index (Phi) is 3.58. The summed E-state index contributed by atoms with van der Waals surface area (Å²) in [6.07, 6.45) is 5.92. The topological polar surface area (TPSA) is 54.9 Å². The number of benzene rings is 1. The SMILES string of the molecule is Cc1cnc(NC(=O)c2c3c(nc4ccccc24)CCCC3)s1. The maximum atomic E-state index is 12.9. The molecule has 5 heteroatoms. The highest BCUT2D eigenvalue weighted by atomic mass is 32.1. The van der Waals surface area contributed by atoms with Crippen molar-refractivity contribution in [3.63, 3.8) is 0 Å². The number of rotatable bonds is 2. The van der Waals surface area contributed by atoms with Gasteiger partial charge in [-0.1, -0.05) is 18.2 Å². The monoisotopic (exact) mass is 323 g/mol. The Hall–Kier alpha value is -2.27. The molecule has 0 bridgehead atoms. The van der Waals surface area contributed by atoms with E-state index in [1.165, 1.54) is 11.3 Å². The zero-order chi connectivity index (χ0) is 15.8. The van der Waals surface area contributed by atoms with Gasteiger partial charge in [0.05, 0.1) is 11.1 Å². The number of carbonyl (C=O) groups excluding carboxylic acids is 1. The van der Waals surface area contributed by atoms with Gasteiger partial charge in [0.1, 0.15) is 0 Å². The summed E-state index contributed by atoms with van der Waals surface area (Å²) in [5, 5.41) is 4.54. The maximum absolute atomic E-state index is 12.9. The first-order valence-electron chi connectivity index (χ1n) is 7.86. The fourth-order valence-electron chi connectivity index (χ4n) is 3.20. The molecular weight excluding hydrogens is 306 g/mol. The summed E-state index contributed by atoms with van der Waals surface area (Å²) in [5.74, 6) is -0.0731. The third-order valence-electron chi connectivity index (χ3n) is 4.24. The molecule has 0 unspecified atom stereocenters. The Bertz CT molecular complexity index is 900. The van der Waals surface area contributed by atoms with Gasteiger partial charge in [-0.25, -0.2) is 4.98 Å². The van der Waals surface area contributed by atoms with Crippen LogP contribution in [0.1, 0.15) is 39.3 Å². The third-order valence-corrected chi connectivity index (χ3v) is 5.07. The molecule has 0 spiro atoms. The largest absolute Gasteiger partial charge is 0.298 e. The van der Waals surface area contributed by atoms with Crippen LogP contribution in [-0.2, 0) is 12.8 Å². The summed E-state index contributed by atoms with van der Waals surface area (Å²) in [5.41, 5.74) is 3.86. The molecule has 1 N–H and O–H groups in total. The van der Waals surface area contributed by atoms with Crippen molar-refractivity contribution in [3.8, 4) is 0 Å². The molecular formula is C18H17N3OS. The van der Waals surface area contributed by atoms with Crippen molar-refractivity contribution in [1.29, 1.82) is 0 Å². The van der Waals surface area contributed by atoms with Gasteiger partial charge in [-0.05, 0) is 44.2 Å². The van der Waals surface area contributed by atoms with Crippen LogP contribution in [0, 0.1) is 6.92 Å². The Morgan fingerprint density at radius 2 is 2.04 bits per heavy atom. The molecule has 4 rings (SSSR count). The molecule has 116 valence electrons. The summed E-state index contributed by atoms with van der Waals surface area (Å²) >= 11 is 1.49. The lowest BCUT2D eigenvalue weighted by Crippen LogP contribution is -2.19. The lowest BCUT2D eigenvalue weighted by atomic mass is 9.89. The normalized spacial score (nSPS) is 13.8. The first-order chi connectivity index (χ1) is 11.2. The van der Waals surface area contributed by atoms with Gasteiger partial charge in [0, 0.05) is 22.2 Å². The van der Waals surface area contributed by atoms with Crippen LogP contribution >= 0.6 is 11.3 Å². The average Bonchev–Trinajstić information content (AvgIpc) is 2.97. The van der Waals surface area contributed by atoms with Crippen LogP contribution in [-0.4, -0.2) is 15.9 Å². The number of hydrogen-bond acceptors (Lipinski definition) is 4. The molecule has 0 fully saturated rings. The summed E-state index contributed by atoms with van der Waals surface area (Å²) in [6.45, 7) is 1.98. The van der Waals surface area contributed by atoms with E-state index in [1.54, 1.807) is 6.20 Å². The van der Waals surface area contributed by atoms with E-state index in [0.29, 0.717) is 5.13 Å². The van der Waals surface area contributed by atoms with E-state index >= 15 is 0 Å². The number of pyridine rings is 1. The van der Waals surface area contributed by atoms with Gasteiger partial charge in [0.2, 0.25) is 0 Å². The van der Waals surface area contributed by atoms with Crippen LogP contribution in [0.3, 0.4) is 0 Å². The highest BCUT2D eigenvalue weighted by Gasteiger charge is 2.23. The van der Waals surface area contributed by atoms with Gasteiger partial charge in [-0.15, -0.1) is 11.3 Å². The minimum atomic E-state index is -0.0731. The molecule has 1 amide bonds. The number of hydrogen-bond donors (Lipinski definition) is 1. The third kappa shape index (κ3) is 2.61. The number of carbonyl (C=O) groups is 1. The molecule has 2 aromatic heterocycles. The van der Waals surface area contributed by atoms with E-state index in [9.17, 15) is 4.79 Å². The molecule has 1 aromatic carbocycles. The number of thiazole rings is 1. The van der Waals surface area contributed by atoms with Gasteiger partial charge in [-0.2, -0.15) is 0 Å². The van der Waals surface area contributed by atoms with Crippen molar-refractivity contribution in [2.45, 2.75) is 32.6 Å². The molecule has 0 radical (unpaired) electrons. The highest BCUT2D eigenvalue weighted by Crippen LogP contribution is 2.30. The molecule has 2 heterocycles. The molecule has 0 saturated heterocycles. The Morgan fingerprint density at radius 1 is 1.22 bits per heavy atom. The molecule has 4 nitrogen and oxygen atoms in total. The number of amides is 1. The van der Waals surface area contributed by atoms with Gasteiger partial charge >= 0.3 is 0 Å². The van der Waals surface area contributed by atoms with E-state index in [0.717, 1.165) is 58.3 Å². The van der Waals surface area contributed by atoms with Crippen LogP contribution in [0.25, 0.3) is 10.9 Å². The van der Waals surface area contributed by atoms with E-state index in [2.05, 4.69) is 10.3 Å². The van der Waals surface area contributed by atoms with Crippen molar-refractivity contribution in [1.82, 2.24) is 9.97 Å². The van der Waals surface area contributed by atoms with Crippen LogP contribution in [0.2, 0.25) is 0 Å². The quantitative estimate of drug-likeness (QED) is 0.771. The minimum absolute atomic E-state index is 0.0731. The predicted molar refractivity (Wildman–Crippen MR) is 93.2 cm³/mol. The lowest BCUT2D eigenvalue weighted by molar-refractivity contribution is 0.102. The van der Waals surface area contributed by atoms with Crippen LogP contribution in [0.4, 0.5) is 5.13 Å². The summed E-state index contributed by atoms with van der Waals surface area (Å²) < 4.78 is 0. The van der Waals surface area contributed by atoms with Gasteiger partial charge < -0.3 is 0 Å². The van der Waals surface area contributed by atoms with Crippen molar-refractivity contribution in [2.24, 2.45) is 0 Å². The van der Waals surface area contributed by atoms with E-state index in [-0.39, 0.29) is 5.91 Å². The van der Waals surface area contributed by atoms with Crippen LogP contribution in [0.15, 0.2) is 30.5 Å². The molecule has 23 heavy (non-hydrogen) atoms.